The Morgan fingerprint density at radius 3 is 0.963 bits per heavy atom. The number of nitrogens with one attached hydrogen (secondary N) is 4. The molecule has 0 spiro atoms. The van der Waals surface area contributed by atoms with Crippen LogP contribution in [-0.4, -0.2) is 39.9 Å². The molecule has 0 aliphatic carbocycles. The molecule has 0 saturated heterocycles. The van der Waals surface area contributed by atoms with Crippen LogP contribution in [0.15, 0.2) is 109 Å². The molecular weight excluding hydrogens is 665 g/mol. The molecule has 0 amide bonds. The summed E-state index contributed by atoms with van der Waals surface area (Å²) in [6, 6.07) is 39.3. The lowest BCUT2D eigenvalue weighted by Crippen LogP contribution is -1.91. The summed E-state index contributed by atoms with van der Waals surface area (Å²) in [5.74, 6) is 0. The molecule has 54 heavy (non-hydrogen) atoms. The number of benzene rings is 1. The Balaban J connectivity index is 1.09. The van der Waals surface area contributed by atoms with Crippen molar-refractivity contribution in [2.45, 2.75) is 51.4 Å². The largest absolute Gasteiger partial charge is 0.355 e. The highest BCUT2D eigenvalue weighted by Gasteiger charge is 2.18. The van der Waals surface area contributed by atoms with Gasteiger partial charge in [0.1, 0.15) is 0 Å². The zero-order valence-corrected chi connectivity index (χ0v) is 29.8. The zero-order chi connectivity index (χ0) is 35.6. The predicted molar refractivity (Wildman–Crippen MR) is 216 cm³/mol. The fourth-order valence-corrected chi connectivity index (χ4v) is 8.47. The van der Waals surface area contributed by atoms with Gasteiger partial charge >= 0.3 is 0 Å². The van der Waals surface area contributed by atoms with Crippen molar-refractivity contribution in [1.29, 1.82) is 0 Å². The number of aromatic amines is 4. The summed E-state index contributed by atoms with van der Waals surface area (Å²) in [5, 5.41) is 0. The van der Waals surface area contributed by atoms with Gasteiger partial charge in [0, 0.05) is 89.4 Å². The van der Waals surface area contributed by atoms with E-state index < -0.39 is 0 Å². The quantitative estimate of drug-likeness (QED) is 0.144. The van der Waals surface area contributed by atoms with E-state index in [0.717, 1.165) is 163 Å². The molecule has 0 atom stereocenters. The van der Waals surface area contributed by atoms with Gasteiger partial charge in [-0.25, -0.2) is 0 Å². The molecule has 8 nitrogen and oxygen atoms in total. The van der Waals surface area contributed by atoms with Crippen LogP contribution in [0.3, 0.4) is 0 Å². The summed E-state index contributed by atoms with van der Waals surface area (Å²) in [6.07, 6.45) is 7.30. The van der Waals surface area contributed by atoms with E-state index in [1.165, 1.54) is 0 Å². The van der Waals surface area contributed by atoms with E-state index in [1.807, 2.05) is 0 Å². The van der Waals surface area contributed by atoms with Gasteiger partial charge in [-0.15, -0.1) is 0 Å². The highest BCUT2D eigenvalue weighted by molar-refractivity contribution is 5.88. The topological polar surface area (TPSA) is 115 Å². The second-order valence-electron chi connectivity index (χ2n) is 14.9. The maximum absolute atomic E-state index is 5.24. The molecular formula is C46H38N8. The average molecular weight is 703 g/mol. The van der Waals surface area contributed by atoms with E-state index in [4.69, 9.17) is 19.9 Å². The highest BCUT2D eigenvalue weighted by atomic mass is 14.8. The second-order valence-corrected chi connectivity index (χ2v) is 14.9. The Kier molecular flexibility index (Phi) is 7.21. The average Bonchev–Trinajstić information content (AvgIpc) is 4.01. The molecule has 0 fully saturated rings. The molecule has 16 bridgehead atoms. The fraction of sp³-hybridized carbons (Fsp3) is 0.174. The van der Waals surface area contributed by atoms with Crippen LogP contribution in [0.4, 0.5) is 0 Å². The van der Waals surface area contributed by atoms with Crippen molar-refractivity contribution >= 4 is 44.1 Å². The van der Waals surface area contributed by atoms with Crippen LogP contribution in [0, 0.1) is 0 Å². The third-order valence-electron chi connectivity index (χ3n) is 11.0. The number of rotatable bonds is 2. The SMILES string of the molecule is c1cc(-c2c3nc(cc4ccc(cc5nc(cc6ccc2[nH]6)CC5)[nH]4)CC3)ccc1-c1c2nc(cc3ccc(cc4nc(cc5ccc1[nH]5)CC4)[nH]3)CC2. The van der Waals surface area contributed by atoms with Gasteiger partial charge in [0.2, 0.25) is 0 Å². The molecule has 7 aromatic rings. The molecule has 262 valence electrons. The van der Waals surface area contributed by atoms with Gasteiger partial charge in [0.25, 0.3) is 0 Å². The van der Waals surface area contributed by atoms with Gasteiger partial charge in [-0.05, 0) is 147 Å². The van der Waals surface area contributed by atoms with E-state index in [9.17, 15) is 0 Å². The third-order valence-corrected chi connectivity index (χ3v) is 11.0. The van der Waals surface area contributed by atoms with Crippen molar-refractivity contribution < 1.29 is 0 Å². The van der Waals surface area contributed by atoms with Crippen LogP contribution in [0.2, 0.25) is 0 Å². The summed E-state index contributed by atoms with van der Waals surface area (Å²) in [6.45, 7) is 0. The van der Waals surface area contributed by atoms with E-state index in [2.05, 4.69) is 129 Å². The first kappa shape index (κ1) is 31.0. The fourth-order valence-electron chi connectivity index (χ4n) is 8.47. The van der Waals surface area contributed by atoms with Crippen molar-refractivity contribution in [3.8, 4) is 22.3 Å². The Morgan fingerprint density at radius 1 is 0.296 bits per heavy atom. The van der Waals surface area contributed by atoms with Crippen LogP contribution in [0.5, 0.6) is 0 Å². The Labute approximate surface area is 311 Å². The summed E-state index contributed by atoms with van der Waals surface area (Å²) in [5.41, 5.74) is 21.8. The van der Waals surface area contributed by atoms with Crippen molar-refractivity contribution in [2.24, 2.45) is 0 Å². The minimum atomic E-state index is 0.876. The van der Waals surface area contributed by atoms with Gasteiger partial charge < -0.3 is 19.9 Å². The number of hydrogen-bond acceptors (Lipinski definition) is 4. The van der Waals surface area contributed by atoms with Crippen molar-refractivity contribution in [3.63, 3.8) is 0 Å². The molecule has 10 heterocycles. The first-order valence-electron chi connectivity index (χ1n) is 19.0. The van der Waals surface area contributed by atoms with Crippen LogP contribution in [0.1, 0.15) is 45.6 Å². The molecule has 6 aromatic heterocycles. The van der Waals surface area contributed by atoms with Crippen LogP contribution in [0.25, 0.3) is 66.4 Å². The lowest BCUT2D eigenvalue weighted by Gasteiger charge is -2.09. The van der Waals surface area contributed by atoms with Crippen molar-refractivity contribution in [2.75, 3.05) is 0 Å². The summed E-state index contributed by atoms with van der Waals surface area (Å²) >= 11 is 0. The van der Waals surface area contributed by atoms with Crippen molar-refractivity contribution in [3.05, 3.63) is 155 Å². The Bertz CT molecular complexity index is 2750. The molecule has 8 heteroatoms. The number of aryl methyl sites for hydroxylation is 8. The predicted octanol–water partition coefficient (Wildman–Crippen LogP) is 9.42. The summed E-state index contributed by atoms with van der Waals surface area (Å²) in [7, 11) is 0. The standard InChI is InChI=1S/C46H38N8/c1-2-28(46-43-19-15-39(53-43)25-35-11-7-31(49-35)22-32-8-12-36(50-32)26-40-16-20-44(46)54-40)4-3-27(1)45-41-17-13-37(51-41)23-33-9-5-29(47-33)21-30-6-10-34(48-30)24-38-14-18-42(45)52-38/h1-5,7,9,11,14,16,18,20-26,47,49,52,54H,6,8,10,12-13,15,17,19H2. The Morgan fingerprint density at radius 2 is 0.593 bits per heavy atom. The summed E-state index contributed by atoms with van der Waals surface area (Å²) in [4.78, 5) is 34.9. The number of aromatic nitrogens is 8. The first-order valence-corrected chi connectivity index (χ1v) is 19.0. The van der Waals surface area contributed by atoms with Gasteiger partial charge in [-0.2, -0.15) is 0 Å². The maximum atomic E-state index is 5.24. The Hall–Kier alpha value is -6.54. The molecule has 11 rings (SSSR count). The maximum Gasteiger partial charge on any atom is 0.0509 e. The van der Waals surface area contributed by atoms with E-state index in [-0.39, 0.29) is 0 Å². The number of hydrogen-bond donors (Lipinski definition) is 4. The molecule has 0 saturated carbocycles. The van der Waals surface area contributed by atoms with Crippen molar-refractivity contribution in [1.82, 2.24) is 39.9 Å². The third kappa shape index (κ3) is 5.90. The van der Waals surface area contributed by atoms with Gasteiger partial charge in [0.05, 0.1) is 11.4 Å². The highest BCUT2D eigenvalue weighted by Crippen LogP contribution is 2.34. The first-order chi connectivity index (χ1) is 26.6. The van der Waals surface area contributed by atoms with Crippen LogP contribution in [-0.2, 0) is 51.4 Å². The van der Waals surface area contributed by atoms with E-state index in [1.54, 1.807) is 0 Å². The minimum Gasteiger partial charge on any atom is -0.355 e. The number of H-pyrrole nitrogens is 4. The molecule has 1 aromatic carbocycles. The smallest absolute Gasteiger partial charge is 0.0509 e. The van der Waals surface area contributed by atoms with Crippen LogP contribution < -0.4 is 0 Å². The summed E-state index contributed by atoms with van der Waals surface area (Å²) < 4.78 is 0. The molecule has 4 aliphatic heterocycles. The van der Waals surface area contributed by atoms with E-state index in [0.29, 0.717) is 0 Å². The normalized spacial score (nSPS) is 14.1. The monoisotopic (exact) mass is 702 g/mol. The molecule has 0 unspecified atom stereocenters. The molecule has 0 radical (unpaired) electrons. The number of nitrogens with zero attached hydrogens (tertiary/aromatic N) is 4. The molecule has 4 N–H and O–H groups in total. The lowest BCUT2D eigenvalue weighted by atomic mass is 9.97. The van der Waals surface area contributed by atoms with Crippen LogP contribution >= 0.6 is 0 Å². The van der Waals surface area contributed by atoms with Gasteiger partial charge in [0.15, 0.2) is 0 Å². The van der Waals surface area contributed by atoms with Gasteiger partial charge in [-0.1, -0.05) is 24.3 Å². The molecule has 4 aliphatic rings. The second kappa shape index (κ2) is 12.6. The number of fused-ring (bicyclic) bond motifs is 16. The van der Waals surface area contributed by atoms with E-state index >= 15 is 0 Å². The van der Waals surface area contributed by atoms with Gasteiger partial charge in [-0.3, -0.25) is 19.9 Å². The minimum absolute atomic E-state index is 0.876. The zero-order valence-electron chi connectivity index (χ0n) is 29.8. The lowest BCUT2D eigenvalue weighted by molar-refractivity contribution is 1.02.